The number of nitrogens with one attached hydrogen (secondary N) is 1. The first-order chi connectivity index (χ1) is 8.20. The number of likely N-dealkylation sites (N-methyl/N-ethyl adjacent to an activating group) is 1. The van der Waals surface area contributed by atoms with E-state index in [4.69, 9.17) is 12.2 Å². The van der Waals surface area contributed by atoms with Crippen LogP contribution in [0.3, 0.4) is 0 Å². The molecule has 0 saturated carbocycles. The molecule has 17 heavy (non-hydrogen) atoms. The Labute approximate surface area is 109 Å². The van der Waals surface area contributed by atoms with Gasteiger partial charge in [-0.1, -0.05) is 42.0 Å². The SMILES string of the molecule is CC[NH+]1CCN(C(=S)c2ccc(C)cc2)CC1. The van der Waals surface area contributed by atoms with Crippen molar-refractivity contribution in [3.63, 3.8) is 0 Å². The van der Waals surface area contributed by atoms with E-state index in [9.17, 15) is 0 Å². The van der Waals surface area contributed by atoms with Gasteiger partial charge in [-0.05, 0) is 13.8 Å². The number of hydrogen-bond donors (Lipinski definition) is 1. The van der Waals surface area contributed by atoms with Crippen LogP contribution < -0.4 is 4.90 Å². The lowest BCUT2D eigenvalue weighted by Crippen LogP contribution is -3.14. The topological polar surface area (TPSA) is 7.68 Å². The largest absolute Gasteiger partial charge is 0.351 e. The first-order valence-electron chi connectivity index (χ1n) is 6.40. The highest BCUT2D eigenvalue weighted by Gasteiger charge is 2.20. The van der Waals surface area contributed by atoms with Crippen molar-refractivity contribution in [3.8, 4) is 0 Å². The average molecular weight is 249 g/mol. The van der Waals surface area contributed by atoms with Gasteiger partial charge in [0.1, 0.15) is 4.99 Å². The Morgan fingerprint density at radius 2 is 1.82 bits per heavy atom. The van der Waals surface area contributed by atoms with Crippen molar-refractivity contribution in [3.05, 3.63) is 35.4 Å². The Morgan fingerprint density at radius 1 is 1.24 bits per heavy atom. The van der Waals surface area contributed by atoms with Gasteiger partial charge in [-0.3, -0.25) is 0 Å². The molecular weight excluding hydrogens is 228 g/mol. The van der Waals surface area contributed by atoms with Crippen LogP contribution in [0.15, 0.2) is 24.3 Å². The molecule has 0 radical (unpaired) electrons. The van der Waals surface area contributed by atoms with E-state index >= 15 is 0 Å². The molecular formula is C14H21N2S+. The van der Waals surface area contributed by atoms with Crippen LogP contribution in [0, 0.1) is 6.92 Å². The predicted octanol–water partition coefficient (Wildman–Crippen LogP) is 0.891. The van der Waals surface area contributed by atoms with Gasteiger partial charge < -0.3 is 9.80 Å². The molecule has 1 aromatic rings. The van der Waals surface area contributed by atoms with E-state index in [1.165, 1.54) is 30.8 Å². The zero-order valence-electron chi connectivity index (χ0n) is 10.7. The summed E-state index contributed by atoms with van der Waals surface area (Å²) >= 11 is 5.58. The van der Waals surface area contributed by atoms with Crippen LogP contribution >= 0.6 is 12.2 Å². The van der Waals surface area contributed by atoms with E-state index in [1.807, 2.05) is 0 Å². The molecule has 0 atom stereocenters. The monoisotopic (exact) mass is 249 g/mol. The summed E-state index contributed by atoms with van der Waals surface area (Å²) in [4.78, 5) is 5.05. The van der Waals surface area contributed by atoms with E-state index < -0.39 is 0 Å². The fraction of sp³-hybridized carbons (Fsp3) is 0.500. The van der Waals surface area contributed by atoms with Gasteiger partial charge in [-0.15, -0.1) is 0 Å². The zero-order chi connectivity index (χ0) is 12.3. The van der Waals surface area contributed by atoms with Crippen molar-refractivity contribution in [2.24, 2.45) is 0 Å². The Morgan fingerprint density at radius 3 is 2.35 bits per heavy atom. The second-order valence-electron chi connectivity index (χ2n) is 4.76. The van der Waals surface area contributed by atoms with Gasteiger partial charge in [-0.2, -0.15) is 0 Å². The first kappa shape index (κ1) is 12.5. The van der Waals surface area contributed by atoms with E-state index in [1.54, 1.807) is 4.90 Å². The molecule has 0 spiro atoms. The molecule has 0 unspecified atom stereocenters. The molecule has 1 fully saturated rings. The zero-order valence-corrected chi connectivity index (χ0v) is 11.5. The van der Waals surface area contributed by atoms with Gasteiger partial charge in [0, 0.05) is 5.56 Å². The number of benzene rings is 1. The number of quaternary nitrogens is 1. The second-order valence-corrected chi connectivity index (χ2v) is 5.15. The quantitative estimate of drug-likeness (QED) is 0.779. The summed E-state index contributed by atoms with van der Waals surface area (Å²) < 4.78 is 0. The molecule has 1 saturated heterocycles. The molecule has 1 aliphatic heterocycles. The van der Waals surface area contributed by atoms with E-state index in [-0.39, 0.29) is 0 Å². The van der Waals surface area contributed by atoms with Crippen LogP contribution in [-0.4, -0.2) is 42.6 Å². The summed E-state index contributed by atoms with van der Waals surface area (Å²) in [5.41, 5.74) is 2.47. The van der Waals surface area contributed by atoms with Gasteiger partial charge in [-0.25, -0.2) is 0 Å². The van der Waals surface area contributed by atoms with Gasteiger partial charge in [0.05, 0.1) is 32.7 Å². The number of piperazine rings is 1. The summed E-state index contributed by atoms with van der Waals surface area (Å²) in [6.45, 7) is 10.2. The van der Waals surface area contributed by atoms with Crippen molar-refractivity contribution >= 4 is 17.2 Å². The first-order valence-corrected chi connectivity index (χ1v) is 6.81. The lowest BCUT2D eigenvalue weighted by molar-refractivity contribution is -0.902. The molecule has 2 rings (SSSR count). The highest BCUT2D eigenvalue weighted by Crippen LogP contribution is 2.08. The summed E-state index contributed by atoms with van der Waals surface area (Å²) in [5, 5.41) is 0. The Bertz CT molecular complexity index is 378. The summed E-state index contributed by atoms with van der Waals surface area (Å²) in [6.07, 6.45) is 0. The van der Waals surface area contributed by atoms with Gasteiger partial charge in [0.2, 0.25) is 0 Å². The van der Waals surface area contributed by atoms with E-state index in [2.05, 4.69) is 43.0 Å². The summed E-state index contributed by atoms with van der Waals surface area (Å²) in [6, 6.07) is 8.54. The minimum Gasteiger partial charge on any atom is -0.351 e. The average Bonchev–Trinajstić information content (AvgIpc) is 2.39. The lowest BCUT2D eigenvalue weighted by Gasteiger charge is -2.33. The van der Waals surface area contributed by atoms with Gasteiger partial charge in [0.25, 0.3) is 0 Å². The standard InChI is InChI=1S/C14H20N2S/c1-3-15-8-10-16(11-9-15)14(17)13-6-4-12(2)5-7-13/h4-7H,3,8-11H2,1-2H3/p+1. The maximum Gasteiger partial charge on any atom is 0.109 e. The maximum absolute atomic E-state index is 5.58. The van der Waals surface area contributed by atoms with Crippen LogP contribution in [0.25, 0.3) is 0 Å². The molecule has 1 heterocycles. The number of thiocarbonyl (C=S) groups is 1. The van der Waals surface area contributed by atoms with Crippen molar-refractivity contribution in [1.29, 1.82) is 0 Å². The third kappa shape index (κ3) is 3.05. The molecule has 0 amide bonds. The molecule has 2 nitrogen and oxygen atoms in total. The summed E-state index contributed by atoms with van der Waals surface area (Å²) in [5.74, 6) is 0. The Kier molecular flexibility index (Phi) is 4.13. The summed E-state index contributed by atoms with van der Waals surface area (Å²) in [7, 11) is 0. The molecule has 0 aliphatic carbocycles. The van der Waals surface area contributed by atoms with Crippen LogP contribution in [0.5, 0.6) is 0 Å². The number of aryl methyl sites for hydroxylation is 1. The second kappa shape index (κ2) is 5.61. The van der Waals surface area contributed by atoms with Crippen LogP contribution in [0.2, 0.25) is 0 Å². The maximum atomic E-state index is 5.58. The minimum atomic E-state index is 1.01. The highest BCUT2D eigenvalue weighted by atomic mass is 32.1. The van der Waals surface area contributed by atoms with Crippen molar-refractivity contribution < 1.29 is 4.90 Å². The van der Waals surface area contributed by atoms with Gasteiger partial charge in [0.15, 0.2) is 0 Å². The smallest absolute Gasteiger partial charge is 0.109 e. The van der Waals surface area contributed by atoms with Crippen LogP contribution in [-0.2, 0) is 0 Å². The fourth-order valence-corrected chi connectivity index (χ4v) is 2.58. The third-order valence-electron chi connectivity index (χ3n) is 3.56. The number of rotatable bonds is 2. The van der Waals surface area contributed by atoms with Crippen molar-refractivity contribution in [1.82, 2.24) is 4.90 Å². The predicted molar refractivity (Wildman–Crippen MR) is 75.7 cm³/mol. The molecule has 0 aromatic heterocycles. The highest BCUT2D eigenvalue weighted by molar-refractivity contribution is 7.80. The molecule has 1 aromatic carbocycles. The minimum absolute atomic E-state index is 1.01. The third-order valence-corrected chi connectivity index (χ3v) is 4.05. The number of hydrogen-bond acceptors (Lipinski definition) is 1. The molecule has 3 heteroatoms. The molecule has 0 bridgehead atoms. The normalized spacial score (nSPS) is 17.2. The Hall–Kier alpha value is -0.930. The van der Waals surface area contributed by atoms with Crippen LogP contribution in [0.4, 0.5) is 0 Å². The van der Waals surface area contributed by atoms with E-state index in [0.717, 1.165) is 18.1 Å². The lowest BCUT2D eigenvalue weighted by atomic mass is 10.1. The van der Waals surface area contributed by atoms with Crippen molar-refractivity contribution in [2.45, 2.75) is 13.8 Å². The van der Waals surface area contributed by atoms with Crippen LogP contribution in [0.1, 0.15) is 18.1 Å². The molecule has 1 aliphatic rings. The molecule has 1 N–H and O–H groups in total. The van der Waals surface area contributed by atoms with Gasteiger partial charge >= 0.3 is 0 Å². The Balaban J connectivity index is 1.99. The fourth-order valence-electron chi connectivity index (χ4n) is 2.26. The molecule has 92 valence electrons. The van der Waals surface area contributed by atoms with Crippen molar-refractivity contribution in [2.75, 3.05) is 32.7 Å². The number of nitrogens with zero attached hydrogens (tertiary/aromatic N) is 1. The van der Waals surface area contributed by atoms with E-state index in [0.29, 0.717) is 0 Å².